The Morgan fingerprint density at radius 3 is 2.38 bits per heavy atom. The number of amides is 3. The van der Waals surface area contributed by atoms with Gasteiger partial charge in [0.25, 0.3) is 0 Å². The average Bonchev–Trinajstić information content (AvgIpc) is 2.97. The van der Waals surface area contributed by atoms with Crippen molar-refractivity contribution in [2.45, 2.75) is 75.9 Å². The fraction of sp³-hybridized carbons (Fsp3) is 0.895. The molecule has 5 nitrogen and oxygen atoms in total. The molecule has 2 aliphatic heterocycles. The van der Waals surface area contributed by atoms with Crippen LogP contribution in [0.25, 0.3) is 0 Å². The molecule has 24 heavy (non-hydrogen) atoms. The van der Waals surface area contributed by atoms with Crippen molar-refractivity contribution in [3.05, 3.63) is 0 Å². The molecule has 0 aromatic heterocycles. The van der Waals surface area contributed by atoms with Gasteiger partial charge >= 0.3 is 6.03 Å². The lowest BCUT2D eigenvalue weighted by atomic mass is 9.53. The van der Waals surface area contributed by atoms with E-state index in [4.69, 9.17) is 0 Å². The topological polar surface area (TPSA) is 52.7 Å². The van der Waals surface area contributed by atoms with Gasteiger partial charge in [-0.3, -0.25) is 4.79 Å². The Hall–Kier alpha value is -1.26. The van der Waals surface area contributed by atoms with Gasteiger partial charge in [-0.25, -0.2) is 4.79 Å². The van der Waals surface area contributed by atoms with E-state index in [1.807, 2.05) is 16.7 Å². The highest BCUT2D eigenvalue weighted by molar-refractivity contribution is 5.88. The maximum Gasteiger partial charge on any atom is 0.318 e. The van der Waals surface area contributed by atoms with Gasteiger partial charge in [0.2, 0.25) is 5.91 Å². The standard InChI is InChI=1S/C19H29N3O2/c1-12-17(23)21-4-2-3-16(21)11-22(12)18(24)20-19-8-13-5-14(9-19)7-15(6-13)10-19/h12-16H,2-11H2,1H3,(H,20,24)/t12-,13?,14?,15?,16-,19?/m1/s1. The molecule has 6 fully saturated rings. The molecule has 0 unspecified atom stereocenters. The van der Waals surface area contributed by atoms with E-state index in [-0.39, 0.29) is 29.6 Å². The van der Waals surface area contributed by atoms with Crippen molar-refractivity contribution in [3.63, 3.8) is 0 Å². The summed E-state index contributed by atoms with van der Waals surface area (Å²) in [7, 11) is 0. The van der Waals surface area contributed by atoms with E-state index in [0.717, 1.165) is 56.4 Å². The lowest BCUT2D eigenvalue weighted by Gasteiger charge is -2.57. The second-order valence-corrected chi connectivity index (χ2v) is 9.28. The third-order valence-electron chi connectivity index (χ3n) is 7.56. The Labute approximate surface area is 144 Å². The summed E-state index contributed by atoms with van der Waals surface area (Å²) >= 11 is 0. The van der Waals surface area contributed by atoms with Crippen molar-refractivity contribution < 1.29 is 9.59 Å². The van der Waals surface area contributed by atoms with Crippen LogP contribution < -0.4 is 5.32 Å². The van der Waals surface area contributed by atoms with Crippen LogP contribution in [0.3, 0.4) is 0 Å². The molecular formula is C19H29N3O2. The predicted octanol–water partition coefficient (Wildman–Crippen LogP) is 2.36. The van der Waals surface area contributed by atoms with Gasteiger partial charge in [0.1, 0.15) is 6.04 Å². The molecule has 1 N–H and O–H groups in total. The fourth-order valence-corrected chi connectivity index (χ4v) is 6.90. The van der Waals surface area contributed by atoms with Gasteiger partial charge in [-0.2, -0.15) is 0 Å². The molecule has 2 saturated heterocycles. The van der Waals surface area contributed by atoms with Crippen molar-refractivity contribution in [1.29, 1.82) is 0 Å². The van der Waals surface area contributed by atoms with Gasteiger partial charge in [-0.05, 0) is 76.0 Å². The number of nitrogens with zero attached hydrogens (tertiary/aromatic N) is 2. The van der Waals surface area contributed by atoms with Crippen LogP contribution in [-0.4, -0.2) is 52.5 Å². The number of piperazine rings is 1. The zero-order valence-electron chi connectivity index (χ0n) is 14.7. The number of rotatable bonds is 1. The summed E-state index contributed by atoms with van der Waals surface area (Å²) in [4.78, 5) is 29.5. The second kappa shape index (κ2) is 5.12. The van der Waals surface area contributed by atoms with Crippen LogP contribution in [-0.2, 0) is 4.79 Å². The number of carbonyl (C=O) groups excluding carboxylic acids is 2. The van der Waals surface area contributed by atoms with Crippen molar-refractivity contribution in [1.82, 2.24) is 15.1 Å². The fourth-order valence-electron chi connectivity index (χ4n) is 6.90. The summed E-state index contributed by atoms with van der Waals surface area (Å²) in [5.41, 5.74) is 0.0292. The monoisotopic (exact) mass is 331 g/mol. The minimum Gasteiger partial charge on any atom is -0.336 e. The Morgan fingerprint density at radius 1 is 1.12 bits per heavy atom. The molecular weight excluding hydrogens is 302 g/mol. The van der Waals surface area contributed by atoms with E-state index < -0.39 is 0 Å². The average molecular weight is 331 g/mol. The van der Waals surface area contributed by atoms with Crippen molar-refractivity contribution in [2.75, 3.05) is 13.1 Å². The summed E-state index contributed by atoms with van der Waals surface area (Å²) in [5, 5.41) is 3.44. The number of nitrogens with one attached hydrogen (secondary N) is 1. The maximum atomic E-state index is 13.1. The van der Waals surface area contributed by atoms with Crippen LogP contribution in [0.15, 0.2) is 0 Å². The molecule has 0 radical (unpaired) electrons. The summed E-state index contributed by atoms with van der Waals surface area (Å²) in [6.07, 6.45) is 9.75. The first-order chi connectivity index (χ1) is 11.5. The van der Waals surface area contributed by atoms with E-state index in [2.05, 4.69) is 5.32 Å². The smallest absolute Gasteiger partial charge is 0.318 e. The van der Waals surface area contributed by atoms with E-state index in [9.17, 15) is 9.59 Å². The molecule has 4 saturated carbocycles. The van der Waals surface area contributed by atoms with Gasteiger partial charge in [0.05, 0.1) is 0 Å². The Bertz CT molecular complexity index is 540. The molecule has 0 spiro atoms. The highest BCUT2D eigenvalue weighted by Gasteiger charge is 2.52. The number of hydrogen-bond donors (Lipinski definition) is 1. The zero-order chi connectivity index (χ0) is 16.5. The zero-order valence-corrected chi connectivity index (χ0v) is 14.7. The number of urea groups is 1. The van der Waals surface area contributed by atoms with E-state index >= 15 is 0 Å². The van der Waals surface area contributed by atoms with E-state index in [1.165, 1.54) is 19.3 Å². The predicted molar refractivity (Wildman–Crippen MR) is 90.3 cm³/mol. The van der Waals surface area contributed by atoms with Gasteiger partial charge in [0, 0.05) is 24.7 Å². The van der Waals surface area contributed by atoms with Gasteiger partial charge in [0.15, 0.2) is 0 Å². The molecule has 6 rings (SSSR count). The Morgan fingerprint density at radius 2 is 1.75 bits per heavy atom. The summed E-state index contributed by atoms with van der Waals surface area (Å²) in [6, 6.07) is -0.0478. The van der Waals surface area contributed by atoms with Gasteiger partial charge in [-0.15, -0.1) is 0 Å². The largest absolute Gasteiger partial charge is 0.336 e. The minimum absolute atomic E-state index is 0.0179. The molecule has 4 bridgehead atoms. The number of carbonyl (C=O) groups is 2. The van der Waals surface area contributed by atoms with Crippen molar-refractivity contribution in [3.8, 4) is 0 Å². The van der Waals surface area contributed by atoms with Gasteiger partial charge in [-0.1, -0.05) is 0 Å². The first-order valence-corrected chi connectivity index (χ1v) is 9.92. The minimum atomic E-state index is -0.312. The van der Waals surface area contributed by atoms with Crippen molar-refractivity contribution >= 4 is 11.9 Å². The summed E-state index contributed by atoms with van der Waals surface area (Å²) in [5.74, 6) is 2.61. The highest BCUT2D eigenvalue weighted by atomic mass is 16.2. The van der Waals surface area contributed by atoms with E-state index in [0.29, 0.717) is 6.54 Å². The Balaban J connectivity index is 1.32. The van der Waals surface area contributed by atoms with Crippen LogP contribution in [0.2, 0.25) is 0 Å². The van der Waals surface area contributed by atoms with Gasteiger partial charge < -0.3 is 15.1 Å². The lowest BCUT2D eigenvalue weighted by molar-refractivity contribution is -0.141. The third-order valence-corrected chi connectivity index (χ3v) is 7.56. The van der Waals surface area contributed by atoms with Crippen LogP contribution in [0.4, 0.5) is 4.79 Å². The summed E-state index contributed by atoms with van der Waals surface area (Å²) < 4.78 is 0. The normalized spacial score (nSPS) is 46.4. The van der Waals surface area contributed by atoms with Crippen LogP contribution >= 0.6 is 0 Å². The number of hydrogen-bond acceptors (Lipinski definition) is 2. The first kappa shape index (κ1) is 15.0. The maximum absolute atomic E-state index is 13.1. The number of fused-ring (bicyclic) bond motifs is 1. The highest BCUT2D eigenvalue weighted by Crippen LogP contribution is 2.55. The summed E-state index contributed by atoms with van der Waals surface area (Å²) in [6.45, 7) is 3.49. The molecule has 132 valence electrons. The quantitative estimate of drug-likeness (QED) is 0.802. The molecule has 2 heterocycles. The Kier molecular flexibility index (Phi) is 3.21. The SMILES string of the molecule is C[C@@H]1C(=O)N2CCC[C@@H]2CN1C(=O)NC12CC3CC(CC(C3)C1)C2. The van der Waals surface area contributed by atoms with Crippen LogP contribution in [0.5, 0.6) is 0 Å². The van der Waals surface area contributed by atoms with E-state index in [1.54, 1.807) is 0 Å². The van der Waals surface area contributed by atoms with Crippen molar-refractivity contribution in [2.24, 2.45) is 17.8 Å². The lowest BCUT2D eigenvalue weighted by Crippen LogP contribution is -2.66. The first-order valence-electron chi connectivity index (χ1n) is 9.92. The molecule has 3 amide bonds. The molecule has 5 heteroatoms. The van der Waals surface area contributed by atoms with Crippen LogP contribution in [0.1, 0.15) is 58.3 Å². The third kappa shape index (κ3) is 2.19. The van der Waals surface area contributed by atoms with Crippen LogP contribution in [0, 0.1) is 17.8 Å². The molecule has 0 aromatic carbocycles. The molecule has 0 aromatic rings. The second-order valence-electron chi connectivity index (χ2n) is 9.28. The molecule has 4 aliphatic carbocycles. The molecule has 6 aliphatic rings. The molecule has 2 atom stereocenters.